The Hall–Kier alpha value is -1.89. The molecule has 0 spiro atoms. The standard InChI is InChI=1S/C20H20O/c1-12(2)18-11-19(21)20-16-8-7-13-5-3-4-6-14(13)15(16)9-10-17(18)20/h3-6,9-10,12,18H,7-8,11H2,1-2H3. The molecule has 1 unspecified atom stereocenters. The van der Waals surface area contributed by atoms with Crippen molar-refractivity contribution >= 4 is 5.78 Å². The average Bonchev–Trinajstić information content (AvgIpc) is 2.84. The van der Waals surface area contributed by atoms with Gasteiger partial charge in [-0.05, 0) is 52.5 Å². The molecule has 0 radical (unpaired) electrons. The molecule has 0 saturated heterocycles. The molecule has 1 heteroatoms. The number of ketones is 1. The first-order chi connectivity index (χ1) is 10.2. The zero-order valence-electron chi connectivity index (χ0n) is 12.6. The summed E-state index contributed by atoms with van der Waals surface area (Å²) in [7, 11) is 0. The molecule has 0 aromatic heterocycles. The van der Waals surface area contributed by atoms with Gasteiger partial charge < -0.3 is 0 Å². The Morgan fingerprint density at radius 1 is 1.00 bits per heavy atom. The van der Waals surface area contributed by atoms with Crippen LogP contribution < -0.4 is 0 Å². The molecule has 0 N–H and O–H groups in total. The molecule has 2 aromatic carbocycles. The first kappa shape index (κ1) is 12.8. The number of benzene rings is 2. The molecule has 106 valence electrons. The Balaban J connectivity index is 1.94. The van der Waals surface area contributed by atoms with Crippen molar-refractivity contribution in [2.75, 3.05) is 0 Å². The van der Waals surface area contributed by atoms with Crippen LogP contribution in [0.5, 0.6) is 0 Å². The lowest BCUT2D eigenvalue weighted by Crippen LogP contribution is -2.09. The second-order valence-electron chi connectivity index (χ2n) is 6.69. The molecule has 2 aromatic rings. The average molecular weight is 276 g/mol. The van der Waals surface area contributed by atoms with E-state index in [0.29, 0.717) is 24.0 Å². The summed E-state index contributed by atoms with van der Waals surface area (Å²) in [6.45, 7) is 4.45. The maximum atomic E-state index is 12.6. The van der Waals surface area contributed by atoms with Gasteiger partial charge in [-0.25, -0.2) is 0 Å². The fourth-order valence-corrected chi connectivity index (χ4v) is 4.08. The molecule has 1 atom stereocenters. The summed E-state index contributed by atoms with van der Waals surface area (Å²) < 4.78 is 0. The Morgan fingerprint density at radius 3 is 2.62 bits per heavy atom. The van der Waals surface area contributed by atoms with Crippen LogP contribution in [0.4, 0.5) is 0 Å². The van der Waals surface area contributed by atoms with Crippen LogP contribution in [0.3, 0.4) is 0 Å². The van der Waals surface area contributed by atoms with E-state index in [-0.39, 0.29) is 0 Å². The highest BCUT2D eigenvalue weighted by atomic mass is 16.1. The first-order valence-corrected chi connectivity index (χ1v) is 7.94. The van der Waals surface area contributed by atoms with E-state index in [1.807, 2.05) is 0 Å². The van der Waals surface area contributed by atoms with Crippen molar-refractivity contribution < 1.29 is 4.79 Å². The van der Waals surface area contributed by atoms with Crippen LogP contribution in [0, 0.1) is 5.92 Å². The first-order valence-electron chi connectivity index (χ1n) is 7.94. The molecule has 21 heavy (non-hydrogen) atoms. The molecule has 0 heterocycles. The number of rotatable bonds is 1. The van der Waals surface area contributed by atoms with E-state index in [1.54, 1.807) is 0 Å². The van der Waals surface area contributed by atoms with Crippen molar-refractivity contribution in [1.82, 2.24) is 0 Å². The molecule has 0 amide bonds. The van der Waals surface area contributed by atoms with Crippen molar-refractivity contribution in [3.05, 3.63) is 58.7 Å². The van der Waals surface area contributed by atoms with E-state index in [4.69, 9.17) is 0 Å². The molecular weight excluding hydrogens is 256 g/mol. The van der Waals surface area contributed by atoms with Gasteiger partial charge in [-0.15, -0.1) is 0 Å². The van der Waals surface area contributed by atoms with E-state index in [0.717, 1.165) is 18.4 Å². The van der Waals surface area contributed by atoms with E-state index in [2.05, 4.69) is 50.2 Å². The largest absolute Gasteiger partial charge is 0.294 e. The van der Waals surface area contributed by atoms with E-state index in [9.17, 15) is 4.79 Å². The van der Waals surface area contributed by atoms with E-state index < -0.39 is 0 Å². The van der Waals surface area contributed by atoms with Gasteiger partial charge in [-0.1, -0.05) is 50.2 Å². The lowest BCUT2D eigenvalue weighted by atomic mass is 9.81. The van der Waals surface area contributed by atoms with Crippen molar-refractivity contribution in [2.45, 2.75) is 39.0 Å². The summed E-state index contributed by atoms with van der Waals surface area (Å²) >= 11 is 0. The zero-order valence-corrected chi connectivity index (χ0v) is 12.6. The Bertz CT molecular complexity index is 739. The monoisotopic (exact) mass is 276 g/mol. The van der Waals surface area contributed by atoms with Crippen molar-refractivity contribution in [3.63, 3.8) is 0 Å². The van der Waals surface area contributed by atoms with Crippen LogP contribution in [-0.2, 0) is 12.8 Å². The fraction of sp³-hybridized carbons (Fsp3) is 0.350. The molecule has 1 nitrogen and oxygen atoms in total. The van der Waals surface area contributed by atoms with Gasteiger partial charge in [0.15, 0.2) is 5.78 Å². The second kappa shape index (κ2) is 4.56. The third-order valence-corrected chi connectivity index (χ3v) is 5.19. The number of hydrogen-bond donors (Lipinski definition) is 0. The maximum absolute atomic E-state index is 12.6. The summed E-state index contributed by atoms with van der Waals surface area (Å²) in [6.07, 6.45) is 2.76. The third-order valence-electron chi connectivity index (χ3n) is 5.19. The third kappa shape index (κ3) is 1.80. The summed E-state index contributed by atoms with van der Waals surface area (Å²) in [5, 5.41) is 0. The number of Topliss-reactive ketones (excluding diaryl/α,β-unsaturated/α-hetero) is 1. The van der Waals surface area contributed by atoms with Crippen LogP contribution in [0.15, 0.2) is 36.4 Å². The molecule has 0 saturated carbocycles. The van der Waals surface area contributed by atoms with Crippen LogP contribution >= 0.6 is 0 Å². The number of fused-ring (bicyclic) bond motifs is 5. The van der Waals surface area contributed by atoms with Crippen LogP contribution in [0.2, 0.25) is 0 Å². The number of carbonyl (C=O) groups is 1. The van der Waals surface area contributed by atoms with E-state index >= 15 is 0 Å². The van der Waals surface area contributed by atoms with E-state index in [1.165, 1.54) is 27.8 Å². The smallest absolute Gasteiger partial charge is 0.164 e. The Kier molecular flexibility index (Phi) is 2.78. The lowest BCUT2D eigenvalue weighted by Gasteiger charge is -2.23. The normalized spacial score (nSPS) is 19.4. The van der Waals surface area contributed by atoms with Crippen LogP contribution in [-0.4, -0.2) is 5.78 Å². The van der Waals surface area contributed by atoms with Gasteiger partial charge >= 0.3 is 0 Å². The fourth-order valence-electron chi connectivity index (χ4n) is 4.08. The molecule has 4 rings (SSSR count). The molecule has 2 aliphatic carbocycles. The molecule has 0 bridgehead atoms. The lowest BCUT2D eigenvalue weighted by molar-refractivity contribution is 0.0983. The van der Waals surface area contributed by atoms with Gasteiger partial charge in [-0.2, -0.15) is 0 Å². The Labute approximate surface area is 126 Å². The zero-order chi connectivity index (χ0) is 14.6. The summed E-state index contributed by atoms with van der Waals surface area (Å²) in [5.74, 6) is 1.30. The molecule has 0 aliphatic heterocycles. The predicted octanol–water partition coefficient (Wildman–Crippen LogP) is 4.78. The SMILES string of the molecule is CC(C)C1CC(=O)c2c1ccc1c2CCc2ccccc2-1. The minimum Gasteiger partial charge on any atom is -0.294 e. The quantitative estimate of drug-likeness (QED) is 0.732. The van der Waals surface area contributed by atoms with Crippen molar-refractivity contribution in [1.29, 1.82) is 0 Å². The number of carbonyl (C=O) groups excluding carboxylic acids is 1. The highest BCUT2D eigenvalue weighted by Gasteiger charge is 2.35. The molecule has 2 aliphatic rings. The second-order valence-corrected chi connectivity index (χ2v) is 6.69. The summed E-state index contributed by atoms with van der Waals surface area (Å²) in [5.41, 5.74) is 7.68. The Morgan fingerprint density at radius 2 is 1.81 bits per heavy atom. The number of hydrogen-bond acceptors (Lipinski definition) is 1. The maximum Gasteiger partial charge on any atom is 0.164 e. The van der Waals surface area contributed by atoms with Gasteiger partial charge in [-0.3, -0.25) is 4.79 Å². The minimum absolute atomic E-state index is 0.361. The molecular formula is C20H20O. The minimum atomic E-state index is 0.361. The van der Waals surface area contributed by atoms with Gasteiger partial charge in [0.25, 0.3) is 0 Å². The summed E-state index contributed by atoms with van der Waals surface area (Å²) in [4.78, 5) is 12.6. The highest BCUT2D eigenvalue weighted by Crippen LogP contribution is 2.44. The van der Waals surface area contributed by atoms with Gasteiger partial charge in [0.2, 0.25) is 0 Å². The molecule has 0 fully saturated rings. The van der Waals surface area contributed by atoms with Gasteiger partial charge in [0.1, 0.15) is 0 Å². The van der Waals surface area contributed by atoms with Crippen molar-refractivity contribution in [2.24, 2.45) is 5.92 Å². The number of aryl methyl sites for hydroxylation is 1. The summed E-state index contributed by atoms with van der Waals surface area (Å²) in [6, 6.07) is 13.1. The topological polar surface area (TPSA) is 17.1 Å². The van der Waals surface area contributed by atoms with Crippen LogP contribution in [0.1, 0.15) is 53.2 Å². The van der Waals surface area contributed by atoms with Gasteiger partial charge in [0, 0.05) is 12.0 Å². The highest BCUT2D eigenvalue weighted by molar-refractivity contribution is 6.04. The van der Waals surface area contributed by atoms with Gasteiger partial charge in [0.05, 0.1) is 0 Å². The predicted molar refractivity (Wildman–Crippen MR) is 85.8 cm³/mol. The van der Waals surface area contributed by atoms with Crippen LogP contribution in [0.25, 0.3) is 11.1 Å². The van der Waals surface area contributed by atoms with Crippen molar-refractivity contribution in [3.8, 4) is 11.1 Å².